The van der Waals surface area contributed by atoms with Gasteiger partial charge in [0.1, 0.15) is 5.82 Å². The highest BCUT2D eigenvalue weighted by Gasteiger charge is 2.38. The quantitative estimate of drug-likeness (QED) is 0.381. The van der Waals surface area contributed by atoms with Gasteiger partial charge < -0.3 is 10.6 Å². The Morgan fingerprint density at radius 1 is 1.16 bits per heavy atom. The van der Waals surface area contributed by atoms with Gasteiger partial charge in [-0.3, -0.25) is 5.10 Å². The van der Waals surface area contributed by atoms with Crippen LogP contribution in [0.2, 0.25) is 0 Å². The van der Waals surface area contributed by atoms with Gasteiger partial charge in [-0.15, -0.1) is 0 Å². The molecule has 3 heterocycles. The van der Waals surface area contributed by atoms with Crippen molar-refractivity contribution in [3.05, 3.63) is 54.0 Å². The average Bonchev–Trinajstić information content (AvgIpc) is 3.56. The minimum absolute atomic E-state index is 0.695. The third kappa shape index (κ3) is 3.72. The summed E-state index contributed by atoms with van der Waals surface area (Å²) >= 11 is 1.65. The van der Waals surface area contributed by atoms with Gasteiger partial charge in [-0.1, -0.05) is 23.8 Å². The fourth-order valence-electron chi connectivity index (χ4n) is 5.29. The number of thiazole rings is 1. The molecule has 7 heteroatoms. The molecular formula is C24H26N6S. The lowest BCUT2D eigenvalue weighted by atomic mass is 9.95. The van der Waals surface area contributed by atoms with E-state index in [9.17, 15) is 0 Å². The number of fused-ring (bicyclic) bond motifs is 3. The molecule has 1 aromatic carbocycles. The van der Waals surface area contributed by atoms with Crippen molar-refractivity contribution < 1.29 is 0 Å². The smallest absolute Gasteiger partial charge is 0.189 e. The maximum atomic E-state index is 4.75. The monoisotopic (exact) mass is 430 g/mol. The molecule has 0 spiro atoms. The number of nitrogens with zero attached hydrogens (tertiary/aromatic N) is 3. The molecule has 2 aliphatic rings. The van der Waals surface area contributed by atoms with Crippen molar-refractivity contribution in [2.24, 2.45) is 11.8 Å². The van der Waals surface area contributed by atoms with Gasteiger partial charge >= 0.3 is 0 Å². The Morgan fingerprint density at radius 3 is 2.94 bits per heavy atom. The van der Waals surface area contributed by atoms with Crippen molar-refractivity contribution in [3.8, 4) is 11.1 Å². The second kappa shape index (κ2) is 7.73. The molecule has 2 bridgehead atoms. The minimum atomic E-state index is 0.695. The van der Waals surface area contributed by atoms with Gasteiger partial charge in [0.25, 0.3) is 0 Å². The molecule has 0 saturated heterocycles. The molecule has 31 heavy (non-hydrogen) atoms. The highest BCUT2D eigenvalue weighted by atomic mass is 32.1. The van der Waals surface area contributed by atoms with Crippen LogP contribution < -0.4 is 10.6 Å². The van der Waals surface area contributed by atoms with Crippen molar-refractivity contribution in [1.82, 2.24) is 25.5 Å². The second-order valence-corrected chi connectivity index (χ2v) is 9.98. The van der Waals surface area contributed by atoms with Crippen molar-refractivity contribution in [1.29, 1.82) is 0 Å². The number of rotatable bonds is 6. The summed E-state index contributed by atoms with van der Waals surface area (Å²) in [7, 11) is 0. The third-order valence-electron chi connectivity index (χ3n) is 6.90. The van der Waals surface area contributed by atoms with E-state index in [1.165, 1.54) is 31.2 Å². The van der Waals surface area contributed by atoms with Crippen molar-refractivity contribution in [2.75, 3.05) is 5.32 Å². The van der Waals surface area contributed by atoms with Crippen LogP contribution in [0.25, 0.3) is 21.3 Å². The normalized spacial score (nSPS) is 22.4. The largest absolute Gasteiger partial charge is 0.316 e. The van der Waals surface area contributed by atoms with E-state index in [0.29, 0.717) is 6.04 Å². The number of hydrogen-bond acceptors (Lipinski definition) is 6. The predicted molar refractivity (Wildman–Crippen MR) is 126 cm³/mol. The molecule has 3 unspecified atom stereocenters. The summed E-state index contributed by atoms with van der Waals surface area (Å²) in [5, 5.41) is 15.2. The van der Waals surface area contributed by atoms with Gasteiger partial charge in [-0.2, -0.15) is 5.10 Å². The molecule has 3 N–H and O–H groups in total. The molecule has 3 aromatic heterocycles. The zero-order valence-corrected chi connectivity index (χ0v) is 18.4. The maximum absolute atomic E-state index is 4.75. The molecule has 2 saturated carbocycles. The number of benzene rings is 1. The zero-order chi connectivity index (χ0) is 20.8. The highest BCUT2D eigenvalue weighted by Crippen LogP contribution is 2.44. The summed E-state index contributed by atoms with van der Waals surface area (Å²) in [5.41, 5.74) is 5.61. The molecule has 158 valence electrons. The molecule has 4 aromatic rings. The highest BCUT2D eigenvalue weighted by molar-refractivity contribution is 7.22. The average molecular weight is 431 g/mol. The molecule has 0 amide bonds. The van der Waals surface area contributed by atoms with Crippen LogP contribution in [0.15, 0.2) is 42.7 Å². The summed E-state index contributed by atoms with van der Waals surface area (Å²) < 4.78 is 1.15. The fourth-order valence-corrected chi connectivity index (χ4v) is 6.21. The van der Waals surface area contributed by atoms with Crippen molar-refractivity contribution in [3.63, 3.8) is 0 Å². The van der Waals surface area contributed by atoms with E-state index in [2.05, 4.69) is 56.1 Å². The molecule has 6 nitrogen and oxygen atoms in total. The Hall–Kier alpha value is -2.77. The Bertz CT molecular complexity index is 1230. The van der Waals surface area contributed by atoms with Crippen molar-refractivity contribution in [2.45, 2.75) is 45.2 Å². The van der Waals surface area contributed by atoms with Crippen LogP contribution in [0.1, 0.15) is 36.9 Å². The second-order valence-electron chi connectivity index (χ2n) is 8.95. The number of H-pyrrole nitrogens is 1. The number of anilines is 2. The number of nitrogens with one attached hydrogen (secondary N) is 3. The lowest BCUT2D eigenvalue weighted by molar-refractivity contribution is 0.350. The number of pyridine rings is 1. The van der Waals surface area contributed by atoms with E-state index in [4.69, 9.17) is 4.98 Å². The minimum Gasteiger partial charge on any atom is -0.316 e. The fraction of sp³-hybridized carbons (Fsp3) is 0.375. The Balaban J connectivity index is 1.16. The lowest BCUT2D eigenvalue weighted by Gasteiger charge is -2.23. The first-order valence-electron chi connectivity index (χ1n) is 11.1. The van der Waals surface area contributed by atoms with Crippen LogP contribution in [0.5, 0.6) is 0 Å². The Morgan fingerprint density at radius 2 is 2.13 bits per heavy atom. The number of aromatic amines is 1. The topological polar surface area (TPSA) is 78.5 Å². The van der Waals surface area contributed by atoms with E-state index >= 15 is 0 Å². The number of hydrogen-bond donors (Lipinski definition) is 3. The standard InChI is InChI=1S/C24H26N6S/c1-14-19(13-27-30-14)17-4-5-20-22(11-17)31-24(28-20)29-23-10-16(6-7-25-23)12-26-21-9-15-2-3-18(21)8-15/h4-7,10-11,13,15,18,21,26H,2-3,8-9,12H2,1H3,(H,27,30)(H,25,28,29). The van der Waals surface area contributed by atoms with Gasteiger partial charge in [0.05, 0.1) is 16.4 Å². The lowest BCUT2D eigenvalue weighted by Crippen LogP contribution is -2.33. The zero-order valence-electron chi connectivity index (χ0n) is 17.6. The molecular weight excluding hydrogens is 404 g/mol. The number of aryl methyl sites for hydroxylation is 1. The van der Waals surface area contributed by atoms with Gasteiger partial charge in [-0.05, 0) is 73.4 Å². The first kappa shape index (κ1) is 19.0. The number of aromatic nitrogens is 4. The van der Waals surface area contributed by atoms with Gasteiger partial charge in [0, 0.05) is 30.0 Å². The van der Waals surface area contributed by atoms with Crippen LogP contribution in [0, 0.1) is 18.8 Å². The maximum Gasteiger partial charge on any atom is 0.189 e. The summed E-state index contributed by atoms with van der Waals surface area (Å²) in [6.45, 7) is 2.94. The van der Waals surface area contributed by atoms with Gasteiger partial charge in [-0.25, -0.2) is 9.97 Å². The van der Waals surface area contributed by atoms with Crippen LogP contribution in [-0.2, 0) is 6.54 Å². The van der Waals surface area contributed by atoms with E-state index in [1.807, 2.05) is 19.3 Å². The van der Waals surface area contributed by atoms with Gasteiger partial charge in [0.15, 0.2) is 5.13 Å². The first-order valence-corrected chi connectivity index (χ1v) is 11.9. The summed E-state index contributed by atoms with van der Waals surface area (Å²) in [4.78, 5) is 9.25. The third-order valence-corrected chi connectivity index (χ3v) is 7.83. The molecule has 3 atom stereocenters. The van der Waals surface area contributed by atoms with Crippen LogP contribution in [-0.4, -0.2) is 26.2 Å². The van der Waals surface area contributed by atoms with E-state index in [-0.39, 0.29) is 0 Å². The van der Waals surface area contributed by atoms with Crippen LogP contribution in [0.3, 0.4) is 0 Å². The molecule has 2 fully saturated rings. The van der Waals surface area contributed by atoms with E-state index in [1.54, 1.807) is 11.3 Å². The Kier molecular flexibility index (Phi) is 4.73. The predicted octanol–water partition coefficient (Wildman–Crippen LogP) is 5.41. The van der Waals surface area contributed by atoms with Crippen LogP contribution >= 0.6 is 11.3 Å². The molecule has 6 rings (SSSR count). The molecule has 0 aliphatic heterocycles. The van der Waals surface area contributed by atoms with Gasteiger partial charge in [0.2, 0.25) is 0 Å². The summed E-state index contributed by atoms with van der Waals surface area (Å²) in [6, 6.07) is 11.3. The van der Waals surface area contributed by atoms with Crippen LogP contribution in [0.4, 0.5) is 10.9 Å². The summed E-state index contributed by atoms with van der Waals surface area (Å²) in [6.07, 6.45) is 9.39. The van der Waals surface area contributed by atoms with E-state index < -0.39 is 0 Å². The first-order chi connectivity index (χ1) is 15.2. The molecule has 2 aliphatic carbocycles. The van der Waals surface area contributed by atoms with Crippen molar-refractivity contribution >= 4 is 32.5 Å². The SMILES string of the molecule is Cc1[nH]ncc1-c1ccc2nc(Nc3cc(CNC4CC5CCC4C5)ccn3)sc2c1. The molecule has 0 radical (unpaired) electrons. The van der Waals surface area contributed by atoms with E-state index in [0.717, 1.165) is 56.4 Å². The Labute approximate surface area is 185 Å². The summed E-state index contributed by atoms with van der Waals surface area (Å²) in [5.74, 6) is 2.70.